The molecule has 0 radical (unpaired) electrons. The van der Waals surface area contributed by atoms with E-state index in [0.717, 1.165) is 43.3 Å². The molecule has 0 aliphatic carbocycles. The second-order valence-corrected chi connectivity index (χ2v) is 10.6. The number of primary amides is 1. The molecule has 2 aliphatic rings. The number of hydrogen-bond donors (Lipinski definition) is 2. The van der Waals surface area contributed by atoms with Crippen molar-refractivity contribution in [3.05, 3.63) is 31.4 Å². The molecule has 0 aromatic carbocycles. The second kappa shape index (κ2) is 10.8. The lowest BCUT2D eigenvalue weighted by molar-refractivity contribution is -0.113. The molecule has 1 atom stereocenters. The number of piperidine rings is 1. The molecule has 200 valence electrons. The number of rotatable bonds is 5. The Bertz CT molecular complexity index is 1240. The van der Waals surface area contributed by atoms with Crippen molar-refractivity contribution in [1.29, 1.82) is 0 Å². The number of imidazole rings is 1. The summed E-state index contributed by atoms with van der Waals surface area (Å²) in [5.41, 5.74) is 6.66. The number of fused-ring (bicyclic) bond motifs is 1. The molecule has 2 aliphatic heterocycles. The fourth-order valence-electron chi connectivity index (χ4n) is 4.51. The zero-order valence-corrected chi connectivity index (χ0v) is 22.1. The maximum atomic E-state index is 13.9. The highest BCUT2D eigenvalue weighted by Crippen LogP contribution is 2.30. The van der Waals surface area contributed by atoms with Gasteiger partial charge in [-0.2, -0.15) is 15.1 Å². The first-order valence-corrected chi connectivity index (χ1v) is 12.6. The SMILES string of the molecule is C=CC(N)=O.CN1CCC(n2cc(Nc3nc(N4CCC(F)C4)nc4c3ncn4C(C)(C)C)cn2)CC1. The molecule has 1 unspecified atom stereocenters. The Balaban J connectivity index is 0.000000586. The molecule has 3 aromatic heterocycles. The molecular formula is C25H37FN10O. The highest BCUT2D eigenvalue weighted by atomic mass is 19.1. The average molecular weight is 513 g/mol. The molecule has 0 bridgehead atoms. The van der Waals surface area contributed by atoms with Gasteiger partial charge in [0.15, 0.2) is 17.0 Å². The minimum Gasteiger partial charge on any atom is -0.366 e. The van der Waals surface area contributed by atoms with Crippen LogP contribution in [0.4, 0.5) is 21.8 Å². The molecule has 37 heavy (non-hydrogen) atoms. The zero-order valence-electron chi connectivity index (χ0n) is 22.1. The number of aromatic nitrogens is 6. The summed E-state index contributed by atoms with van der Waals surface area (Å²) in [7, 11) is 2.16. The van der Waals surface area contributed by atoms with Crippen LogP contribution in [0.2, 0.25) is 0 Å². The monoisotopic (exact) mass is 512 g/mol. The molecule has 0 spiro atoms. The van der Waals surface area contributed by atoms with Gasteiger partial charge in [0.1, 0.15) is 6.17 Å². The number of carbonyl (C=O) groups is 1. The summed E-state index contributed by atoms with van der Waals surface area (Å²) in [6.45, 7) is 12.5. The highest BCUT2D eigenvalue weighted by Gasteiger charge is 2.27. The normalized spacial score (nSPS) is 19.1. The Morgan fingerprint density at radius 1 is 1.22 bits per heavy atom. The van der Waals surface area contributed by atoms with Crippen molar-refractivity contribution in [3.8, 4) is 0 Å². The van der Waals surface area contributed by atoms with Gasteiger partial charge in [0.2, 0.25) is 11.9 Å². The van der Waals surface area contributed by atoms with E-state index in [1.54, 1.807) is 6.33 Å². The maximum Gasteiger partial charge on any atom is 0.240 e. The number of anilines is 3. The van der Waals surface area contributed by atoms with Gasteiger partial charge in [-0.05, 0) is 66.2 Å². The lowest BCUT2D eigenvalue weighted by Crippen LogP contribution is -2.31. The molecule has 2 fully saturated rings. The summed E-state index contributed by atoms with van der Waals surface area (Å²) < 4.78 is 18.0. The lowest BCUT2D eigenvalue weighted by atomic mass is 10.1. The fourth-order valence-corrected chi connectivity index (χ4v) is 4.51. The zero-order chi connectivity index (χ0) is 26.7. The van der Waals surface area contributed by atoms with Crippen molar-refractivity contribution in [3.63, 3.8) is 0 Å². The van der Waals surface area contributed by atoms with E-state index >= 15 is 0 Å². The number of halogens is 1. The molecule has 3 N–H and O–H groups in total. The van der Waals surface area contributed by atoms with Crippen LogP contribution in [0.1, 0.15) is 46.1 Å². The Labute approximate surface area is 216 Å². The first kappa shape index (κ1) is 26.5. The van der Waals surface area contributed by atoms with E-state index in [4.69, 9.17) is 9.97 Å². The van der Waals surface area contributed by atoms with Gasteiger partial charge in [0.05, 0.1) is 30.8 Å². The third-order valence-corrected chi connectivity index (χ3v) is 6.65. The molecular weight excluding hydrogens is 475 g/mol. The van der Waals surface area contributed by atoms with Crippen molar-refractivity contribution in [2.75, 3.05) is 43.4 Å². The Kier molecular flexibility index (Phi) is 7.76. The molecule has 1 amide bonds. The van der Waals surface area contributed by atoms with Crippen molar-refractivity contribution in [1.82, 2.24) is 34.2 Å². The number of amides is 1. The van der Waals surface area contributed by atoms with Crippen LogP contribution in [-0.2, 0) is 10.3 Å². The van der Waals surface area contributed by atoms with Crippen molar-refractivity contribution < 1.29 is 9.18 Å². The van der Waals surface area contributed by atoms with Crippen LogP contribution < -0.4 is 16.0 Å². The van der Waals surface area contributed by atoms with Gasteiger partial charge in [-0.3, -0.25) is 9.48 Å². The third-order valence-electron chi connectivity index (χ3n) is 6.65. The van der Waals surface area contributed by atoms with Gasteiger partial charge in [0.25, 0.3) is 0 Å². The smallest absolute Gasteiger partial charge is 0.240 e. The van der Waals surface area contributed by atoms with Crippen LogP contribution in [-0.4, -0.2) is 79.5 Å². The Morgan fingerprint density at radius 3 is 2.51 bits per heavy atom. The van der Waals surface area contributed by atoms with Crippen molar-refractivity contribution in [2.24, 2.45) is 5.73 Å². The van der Waals surface area contributed by atoms with E-state index in [1.165, 1.54) is 0 Å². The largest absolute Gasteiger partial charge is 0.366 e. The van der Waals surface area contributed by atoms with Crippen LogP contribution in [0.5, 0.6) is 0 Å². The number of likely N-dealkylation sites (tertiary alicyclic amines) is 1. The topological polar surface area (TPSA) is 123 Å². The standard InChI is InChI=1S/C22H32FN9.C3H5NO/c1-22(2,3)31-14-24-18-19(27-21(28-20(18)31)30-10-5-15(23)12-30)26-16-11-25-32(13-16)17-6-8-29(4)9-7-17;1-2-3(4)5/h11,13-15,17H,5-10,12H2,1-4H3,(H,26,27,28);2H,1H2,(H2,4,5). The molecule has 5 heterocycles. The molecule has 2 saturated heterocycles. The Hall–Kier alpha value is -3.54. The van der Waals surface area contributed by atoms with Gasteiger partial charge in [-0.25, -0.2) is 9.37 Å². The number of nitrogens with two attached hydrogens (primary N) is 1. The maximum absolute atomic E-state index is 13.9. The van der Waals surface area contributed by atoms with E-state index in [9.17, 15) is 9.18 Å². The van der Waals surface area contributed by atoms with E-state index in [-0.39, 0.29) is 5.54 Å². The van der Waals surface area contributed by atoms with Gasteiger partial charge >= 0.3 is 0 Å². The van der Waals surface area contributed by atoms with Gasteiger partial charge in [-0.1, -0.05) is 6.58 Å². The minimum atomic E-state index is -0.842. The quantitative estimate of drug-likeness (QED) is 0.500. The summed E-state index contributed by atoms with van der Waals surface area (Å²) in [5, 5.41) is 8.02. The highest BCUT2D eigenvalue weighted by molar-refractivity contribution is 5.87. The third kappa shape index (κ3) is 6.24. The number of carbonyl (C=O) groups excluding carboxylic acids is 1. The van der Waals surface area contributed by atoms with E-state index in [0.29, 0.717) is 42.8 Å². The van der Waals surface area contributed by atoms with E-state index in [1.807, 2.05) is 21.9 Å². The number of nitrogens with one attached hydrogen (secondary N) is 1. The summed E-state index contributed by atoms with van der Waals surface area (Å²) in [6, 6.07) is 0.411. The predicted molar refractivity (Wildman–Crippen MR) is 143 cm³/mol. The second-order valence-electron chi connectivity index (χ2n) is 10.6. The van der Waals surface area contributed by atoms with Crippen molar-refractivity contribution in [2.45, 2.75) is 57.8 Å². The summed E-state index contributed by atoms with van der Waals surface area (Å²) in [5.74, 6) is 0.678. The van der Waals surface area contributed by atoms with Gasteiger partial charge in [0, 0.05) is 18.3 Å². The first-order chi connectivity index (χ1) is 17.5. The number of hydrogen-bond acceptors (Lipinski definition) is 8. The molecule has 5 rings (SSSR count). The molecule has 3 aromatic rings. The summed E-state index contributed by atoms with van der Waals surface area (Å²) >= 11 is 0. The minimum absolute atomic E-state index is 0.190. The molecule has 12 heteroatoms. The molecule has 11 nitrogen and oxygen atoms in total. The summed E-state index contributed by atoms with van der Waals surface area (Å²) in [4.78, 5) is 27.9. The van der Waals surface area contributed by atoms with Crippen LogP contribution in [0.3, 0.4) is 0 Å². The predicted octanol–water partition coefficient (Wildman–Crippen LogP) is 2.99. The van der Waals surface area contributed by atoms with Gasteiger partial charge in [-0.15, -0.1) is 0 Å². The van der Waals surface area contributed by atoms with Crippen LogP contribution in [0.25, 0.3) is 11.2 Å². The van der Waals surface area contributed by atoms with Crippen LogP contribution >= 0.6 is 0 Å². The lowest BCUT2D eigenvalue weighted by Gasteiger charge is -2.28. The van der Waals surface area contributed by atoms with Crippen molar-refractivity contribution >= 4 is 34.5 Å². The van der Waals surface area contributed by atoms with E-state index < -0.39 is 12.1 Å². The number of alkyl halides is 1. The first-order valence-electron chi connectivity index (χ1n) is 12.6. The van der Waals surface area contributed by atoms with Crippen LogP contribution in [0.15, 0.2) is 31.4 Å². The average Bonchev–Trinajstić information content (AvgIpc) is 3.59. The fraction of sp³-hybridized carbons (Fsp3) is 0.560. The number of nitrogens with zero attached hydrogens (tertiary/aromatic N) is 8. The molecule has 0 saturated carbocycles. The summed E-state index contributed by atoms with van der Waals surface area (Å²) in [6.07, 6.45) is 8.58. The van der Waals surface area contributed by atoms with E-state index in [2.05, 4.69) is 65.1 Å². The van der Waals surface area contributed by atoms with Gasteiger partial charge < -0.3 is 25.4 Å². The Morgan fingerprint density at radius 2 is 1.92 bits per heavy atom. The van der Waals surface area contributed by atoms with Crippen LogP contribution in [0, 0.1) is 0 Å².